The highest BCUT2D eigenvalue weighted by Crippen LogP contribution is 2.21. The maximum absolute atomic E-state index is 12.1. The Bertz CT molecular complexity index is 726. The molecule has 0 heterocycles. The van der Waals surface area contributed by atoms with E-state index in [1.54, 1.807) is 31.2 Å². The quantitative estimate of drug-likeness (QED) is 0.752. The molecule has 1 aromatic rings. The second-order valence-corrected chi connectivity index (χ2v) is 8.32. The largest absolute Gasteiger partial charge is 0.481 e. The van der Waals surface area contributed by atoms with Crippen LogP contribution in [0.5, 0.6) is 5.75 Å². The Kier molecular flexibility index (Phi) is 6.47. The minimum absolute atomic E-state index is 0.163. The molecule has 1 amide bonds. The summed E-state index contributed by atoms with van der Waals surface area (Å²) in [6.45, 7) is 2.27. The Morgan fingerprint density at radius 1 is 1.28 bits per heavy atom. The summed E-state index contributed by atoms with van der Waals surface area (Å²) in [7, 11) is -1.81. The fourth-order valence-corrected chi connectivity index (χ4v) is 3.10. The van der Waals surface area contributed by atoms with Crippen LogP contribution in [0.4, 0.5) is 5.69 Å². The van der Waals surface area contributed by atoms with Crippen LogP contribution in [0.2, 0.25) is 0 Å². The van der Waals surface area contributed by atoms with Gasteiger partial charge in [0.2, 0.25) is 10.0 Å². The molecule has 0 fully saturated rings. The summed E-state index contributed by atoms with van der Waals surface area (Å²) in [5, 5.41) is 2.90. The molecular formula is C18H26N2O4S. The Morgan fingerprint density at radius 2 is 1.96 bits per heavy atom. The Hall–Kier alpha value is -2.02. The van der Waals surface area contributed by atoms with Crippen LogP contribution >= 0.6 is 0 Å². The van der Waals surface area contributed by atoms with E-state index in [0.29, 0.717) is 18.0 Å². The number of benzene rings is 1. The number of ether oxygens (including phenoxy) is 1. The zero-order valence-electron chi connectivity index (χ0n) is 15.0. The van der Waals surface area contributed by atoms with Gasteiger partial charge in [-0.3, -0.25) is 9.10 Å². The second-order valence-electron chi connectivity index (χ2n) is 6.31. The van der Waals surface area contributed by atoms with Crippen LogP contribution in [0.3, 0.4) is 0 Å². The number of carbonyl (C=O) groups is 1. The molecule has 1 atom stereocenters. The number of amides is 1. The molecule has 25 heavy (non-hydrogen) atoms. The number of anilines is 1. The number of sulfonamides is 1. The van der Waals surface area contributed by atoms with Crippen molar-refractivity contribution in [2.75, 3.05) is 24.2 Å². The van der Waals surface area contributed by atoms with E-state index in [-0.39, 0.29) is 5.91 Å². The van der Waals surface area contributed by atoms with Gasteiger partial charge in [-0.1, -0.05) is 11.6 Å². The van der Waals surface area contributed by atoms with Crippen LogP contribution in [0, 0.1) is 0 Å². The molecule has 1 aromatic carbocycles. The molecule has 7 heteroatoms. The average Bonchev–Trinajstić information content (AvgIpc) is 2.59. The van der Waals surface area contributed by atoms with Gasteiger partial charge < -0.3 is 10.1 Å². The van der Waals surface area contributed by atoms with Crippen molar-refractivity contribution in [3.63, 3.8) is 0 Å². The summed E-state index contributed by atoms with van der Waals surface area (Å²) in [4.78, 5) is 12.1. The number of allylic oxidation sites excluding steroid dienone is 1. The third-order valence-corrected chi connectivity index (χ3v) is 5.46. The normalized spacial score (nSPS) is 15.9. The molecule has 0 bridgehead atoms. The highest BCUT2D eigenvalue weighted by molar-refractivity contribution is 7.92. The van der Waals surface area contributed by atoms with Crippen LogP contribution in [-0.4, -0.2) is 40.3 Å². The number of nitrogens with zero attached hydrogens (tertiary/aromatic N) is 1. The lowest BCUT2D eigenvalue weighted by Gasteiger charge is -2.19. The first-order valence-corrected chi connectivity index (χ1v) is 10.3. The third kappa shape index (κ3) is 5.77. The van der Waals surface area contributed by atoms with E-state index < -0.39 is 16.1 Å². The maximum atomic E-state index is 12.1. The molecule has 0 aliphatic heterocycles. The number of carbonyl (C=O) groups excluding carboxylic acids is 1. The van der Waals surface area contributed by atoms with E-state index in [1.807, 2.05) is 0 Å². The number of hydrogen-bond donors (Lipinski definition) is 1. The molecule has 2 rings (SSSR count). The summed E-state index contributed by atoms with van der Waals surface area (Å²) in [5.74, 6) is 0.356. The summed E-state index contributed by atoms with van der Waals surface area (Å²) in [6.07, 6.45) is 7.26. The van der Waals surface area contributed by atoms with Crippen LogP contribution in [-0.2, 0) is 14.8 Å². The molecule has 0 saturated carbocycles. The molecule has 0 saturated heterocycles. The first-order valence-electron chi connectivity index (χ1n) is 8.43. The average molecular weight is 366 g/mol. The molecule has 138 valence electrons. The second kappa shape index (κ2) is 8.38. The molecule has 1 aliphatic rings. The Morgan fingerprint density at radius 3 is 2.52 bits per heavy atom. The van der Waals surface area contributed by atoms with E-state index in [0.717, 1.165) is 19.1 Å². The smallest absolute Gasteiger partial charge is 0.261 e. The lowest BCUT2D eigenvalue weighted by Crippen LogP contribution is -2.37. The molecule has 0 unspecified atom stereocenters. The third-order valence-electron chi connectivity index (χ3n) is 4.25. The molecule has 1 N–H and O–H groups in total. The van der Waals surface area contributed by atoms with Crippen molar-refractivity contribution >= 4 is 21.6 Å². The molecule has 1 aliphatic carbocycles. The van der Waals surface area contributed by atoms with E-state index in [1.165, 1.54) is 29.8 Å². The van der Waals surface area contributed by atoms with Gasteiger partial charge in [-0.15, -0.1) is 0 Å². The zero-order valence-corrected chi connectivity index (χ0v) is 15.8. The standard InChI is InChI=1S/C18H26N2O4S/c1-14(18(21)19-13-15-7-5-4-6-8-15)24-17-11-9-16(10-12-17)20(2)25(3,22)23/h7,9-12,14H,4-6,8,13H2,1-3H3,(H,19,21)/t14-/m0/s1. The summed E-state index contributed by atoms with van der Waals surface area (Å²) >= 11 is 0. The first kappa shape index (κ1) is 19.3. The predicted molar refractivity (Wildman–Crippen MR) is 99.3 cm³/mol. The van der Waals surface area contributed by atoms with Gasteiger partial charge in [-0.25, -0.2) is 8.42 Å². The van der Waals surface area contributed by atoms with Gasteiger partial charge in [-0.2, -0.15) is 0 Å². The number of hydrogen-bond acceptors (Lipinski definition) is 4. The maximum Gasteiger partial charge on any atom is 0.261 e. The van der Waals surface area contributed by atoms with Gasteiger partial charge in [0, 0.05) is 13.6 Å². The van der Waals surface area contributed by atoms with E-state index in [9.17, 15) is 13.2 Å². The van der Waals surface area contributed by atoms with Gasteiger partial charge in [-0.05, 0) is 56.9 Å². The van der Waals surface area contributed by atoms with E-state index in [2.05, 4.69) is 11.4 Å². The van der Waals surface area contributed by atoms with Gasteiger partial charge in [0.25, 0.3) is 5.91 Å². The predicted octanol–water partition coefficient (Wildman–Crippen LogP) is 2.47. The molecule has 6 nitrogen and oxygen atoms in total. The van der Waals surface area contributed by atoms with Crippen LogP contribution in [0.25, 0.3) is 0 Å². The monoisotopic (exact) mass is 366 g/mol. The summed E-state index contributed by atoms with van der Waals surface area (Å²) in [6, 6.07) is 6.61. The minimum atomic E-state index is -3.30. The summed E-state index contributed by atoms with van der Waals surface area (Å²) < 4.78 is 29.9. The van der Waals surface area contributed by atoms with Crippen LogP contribution < -0.4 is 14.4 Å². The van der Waals surface area contributed by atoms with Crippen LogP contribution in [0.1, 0.15) is 32.6 Å². The molecule has 0 radical (unpaired) electrons. The van der Waals surface area contributed by atoms with Gasteiger partial charge in [0.15, 0.2) is 6.10 Å². The van der Waals surface area contributed by atoms with Crippen molar-refractivity contribution < 1.29 is 17.9 Å². The van der Waals surface area contributed by atoms with E-state index in [4.69, 9.17) is 4.74 Å². The van der Waals surface area contributed by atoms with Crippen molar-refractivity contribution in [1.29, 1.82) is 0 Å². The Balaban J connectivity index is 1.88. The van der Waals surface area contributed by atoms with Crippen molar-refractivity contribution in [2.24, 2.45) is 0 Å². The fourth-order valence-electron chi connectivity index (χ4n) is 2.59. The summed E-state index contributed by atoms with van der Waals surface area (Å²) in [5.41, 5.74) is 1.82. The van der Waals surface area contributed by atoms with Gasteiger partial charge >= 0.3 is 0 Å². The minimum Gasteiger partial charge on any atom is -0.481 e. The van der Waals surface area contributed by atoms with Crippen molar-refractivity contribution in [3.8, 4) is 5.75 Å². The fraction of sp³-hybridized carbons (Fsp3) is 0.500. The first-order chi connectivity index (χ1) is 11.8. The lowest BCUT2D eigenvalue weighted by atomic mass is 10.00. The highest BCUT2D eigenvalue weighted by atomic mass is 32.2. The van der Waals surface area contributed by atoms with E-state index >= 15 is 0 Å². The van der Waals surface area contributed by atoms with Gasteiger partial charge in [0.05, 0.1) is 11.9 Å². The van der Waals surface area contributed by atoms with Crippen molar-refractivity contribution in [1.82, 2.24) is 5.32 Å². The topological polar surface area (TPSA) is 75.7 Å². The number of rotatable bonds is 7. The van der Waals surface area contributed by atoms with Gasteiger partial charge in [0.1, 0.15) is 5.75 Å². The van der Waals surface area contributed by atoms with Crippen molar-refractivity contribution in [2.45, 2.75) is 38.7 Å². The lowest BCUT2D eigenvalue weighted by molar-refractivity contribution is -0.127. The molecular weight excluding hydrogens is 340 g/mol. The van der Waals surface area contributed by atoms with Crippen molar-refractivity contribution in [3.05, 3.63) is 35.9 Å². The number of nitrogens with one attached hydrogen (secondary N) is 1. The Labute approximate surface area is 149 Å². The van der Waals surface area contributed by atoms with Crippen LogP contribution in [0.15, 0.2) is 35.9 Å². The zero-order chi connectivity index (χ0) is 18.4. The molecule has 0 aromatic heterocycles. The highest BCUT2D eigenvalue weighted by Gasteiger charge is 2.16. The SMILES string of the molecule is C[C@H](Oc1ccc(N(C)S(C)(=O)=O)cc1)C(=O)NCC1=CCCCC1. The molecule has 0 spiro atoms.